The molecule has 0 fully saturated rings. The smallest absolute Gasteiger partial charge is 0.322 e. The lowest BCUT2D eigenvalue weighted by Gasteiger charge is -2.16. The number of hydrogen-bond donors (Lipinski definition) is 3. The Morgan fingerprint density at radius 1 is 0.818 bits per heavy atom. The molecule has 0 saturated carbocycles. The van der Waals surface area contributed by atoms with Gasteiger partial charge in [0.15, 0.2) is 0 Å². The fourth-order valence-corrected chi connectivity index (χ4v) is 3.67. The number of benzene rings is 3. The van der Waals surface area contributed by atoms with Crippen LogP contribution in [0, 0.1) is 0 Å². The maximum atomic E-state index is 12.7. The van der Waals surface area contributed by atoms with E-state index in [9.17, 15) is 14.4 Å². The molecule has 1 heterocycles. The van der Waals surface area contributed by atoms with Gasteiger partial charge in [0.25, 0.3) is 5.91 Å². The van der Waals surface area contributed by atoms with Gasteiger partial charge in [-0.1, -0.05) is 24.3 Å². The number of carbonyl (C=O) groups is 3. The van der Waals surface area contributed by atoms with E-state index in [4.69, 9.17) is 4.74 Å². The van der Waals surface area contributed by atoms with E-state index in [0.717, 1.165) is 11.1 Å². The average molecular weight is 444 g/mol. The first-order valence-corrected chi connectivity index (χ1v) is 10.4. The van der Waals surface area contributed by atoms with E-state index in [1.165, 1.54) is 14.0 Å². The quantitative estimate of drug-likeness (QED) is 0.541. The fourth-order valence-electron chi connectivity index (χ4n) is 3.67. The number of anilines is 3. The lowest BCUT2D eigenvalue weighted by molar-refractivity contribution is -0.114. The Morgan fingerprint density at radius 3 is 2.06 bits per heavy atom. The molecule has 0 aromatic heterocycles. The molecule has 4 amide bonds. The Morgan fingerprint density at radius 2 is 1.45 bits per heavy atom. The Hall–Kier alpha value is -4.33. The van der Waals surface area contributed by atoms with Crippen LogP contribution in [0.1, 0.15) is 28.4 Å². The average Bonchev–Trinajstić information content (AvgIpc) is 3.24. The van der Waals surface area contributed by atoms with Gasteiger partial charge in [-0.25, -0.2) is 4.79 Å². The number of rotatable bonds is 5. The summed E-state index contributed by atoms with van der Waals surface area (Å²) in [6.45, 7) is 2.55. The third-order valence-corrected chi connectivity index (χ3v) is 5.29. The standard InChI is InChI=1S/C25H24N4O4/c1-16(30)26-21-11-12-23(33-2)22(13-21)28-24(31)17-7-9-20(10-8-17)27-25(32)29-14-18-5-3-4-6-19(18)15-29/h3-13H,14-15H2,1-2H3,(H,26,30)(H,27,32)(H,28,31). The van der Waals surface area contributed by atoms with E-state index in [-0.39, 0.29) is 17.8 Å². The van der Waals surface area contributed by atoms with Gasteiger partial charge < -0.3 is 25.6 Å². The summed E-state index contributed by atoms with van der Waals surface area (Å²) in [6, 6.07) is 19.4. The monoisotopic (exact) mass is 444 g/mol. The summed E-state index contributed by atoms with van der Waals surface area (Å²) in [5.74, 6) is -0.0954. The zero-order valence-corrected chi connectivity index (χ0v) is 18.3. The number of ether oxygens (including phenoxy) is 1. The maximum Gasteiger partial charge on any atom is 0.322 e. The maximum absolute atomic E-state index is 12.7. The zero-order valence-electron chi connectivity index (χ0n) is 18.3. The van der Waals surface area contributed by atoms with Crippen molar-refractivity contribution in [3.63, 3.8) is 0 Å². The molecule has 3 aromatic rings. The number of methoxy groups -OCH3 is 1. The summed E-state index contributed by atoms with van der Waals surface area (Å²) >= 11 is 0. The van der Waals surface area contributed by atoms with E-state index < -0.39 is 0 Å². The minimum Gasteiger partial charge on any atom is -0.495 e. The molecule has 3 aromatic carbocycles. The van der Waals surface area contributed by atoms with Crippen LogP contribution >= 0.6 is 0 Å². The summed E-state index contributed by atoms with van der Waals surface area (Å²) in [5, 5.41) is 8.34. The molecular formula is C25H24N4O4. The summed E-state index contributed by atoms with van der Waals surface area (Å²) < 4.78 is 5.30. The first-order chi connectivity index (χ1) is 15.9. The molecule has 0 unspecified atom stereocenters. The van der Waals surface area contributed by atoms with Crippen LogP contribution in [0.3, 0.4) is 0 Å². The highest BCUT2D eigenvalue weighted by Gasteiger charge is 2.22. The summed E-state index contributed by atoms with van der Waals surface area (Å²) in [6.07, 6.45) is 0. The SMILES string of the molecule is COc1ccc(NC(C)=O)cc1NC(=O)c1ccc(NC(=O)N2Cc3ccccc3C2)cc1. The van der Waals surface area contributed by atoms with Crippen LogP contribution in [-0.4, -0.2) is 29.9 Å². The van der Waals surface area contributed by atoms with Crippen molar-refractivity contribution in [3.05, 3.63) is 83.4 Å². The van der Waals surface area contributed by atoms with E-state index in [2.05, 4.69) is 16.0 Å². The largest absolute Gasteiger partial charge is 0.495 e. The summed E-state index contributed by atoms with van der Waals surface area (Å²) in [7, 11) is 1.50. The van der Waals surface area contributed by atoms with Gasteiger partial charge in [0.05, 0.1) is 12.8 Å². The third-order valence-electron chi connectivity index (χ3n) is 5.29. The molecule has 8 heteroatoms. The van der Waals surface area contributed by atoms with Gasteiger partial charge in [0.1, 0.15) is 5.75 Å². The van der Waals surface area contributed by atoms with Crippen molar-refractivity contribution in [2.75, 3.05) is 23.1 Å². The van der Waals surface area contributed by atoms with Crippen molar-refractivity contribution in [1.82, 2.24) is 4.90 Å². The van der Waals surface area contributed by atoms with Crippen LogP contribution in [0.15, 0.2) is 66.7 Å². The molecule has 1 aliphatic heterocycles. The Labute approximate surface area is 191 Å². The second-order valence-electron chi connectivity index (χ2n) is 7.68. The number of urea groups is 1. The first kappa shape index (κ1) is 21.9. The van der Waals surface area contributed by atoms with Crippen LogP contribution in [0.5, 0.6) is 5.75 Å². The second-order valence-corrected chi connectivity index (χ2v) is 7.68. The molecule has 1 aliphatic rings. The van der Waals surface area contributed by atoms with E-state index in [1.807, 2.05) is 24.3 Å². The lowest BCUT2D eigenvalue weighted by atomic mass is 10.1. The second kappa shape index (κ2) is 9.44. The van der Waals surface area contributed by atoms with Crippen LogP contribution in [0.25, 0.3) is 0 Å². The highest BCUT2D eigenvalue weighted by Crippen LogP contribution is 2.28. The molecule has 0 spiro atoms. The van der Waals surface area contributed by atoms with E-state index in [1.54, 1.807) is 47.4 Å². The van der Waals surface area contributed by atoms with Crippen LogP contribution in [0.2, 0.25) is 0 Å². The third kappa shape index (κ3) is 5.12. The van der Waals surface area contributed by atoms with Crippen LogP contribution < -0.4 is 20.7 Å². The topological polar surface area (TPSA) is 99.8 Å². The normalized spacial score (nSPS) is 12.0. The Bertz CT molecular complexity index is 1180. The fraction of sp³-hybridized carbons (Fsp3) is 0.160. The van der Waals surface area contributed by atoms with Crippen LogP contribution in [0.4, 0.5) is 21.9 Å². The minimum absolute atomic E-state index is 0.192. The van der Waals surface area contributed by atoms with Crippen molar-refractivity contribution in [1.29, 1.82) is 0 Å². The molecule has 0 atom stereocenters. The van der Waals surface area contributed by atoms with Crippen molar-refractivity contribution in [3.8, 4) is 5.75 Å². The number of fused-ring (bicyclic) bond motifs is 1. The molecule has 4 rings (SSSR count). The van der Waals surface area contributed by atoms with Crippen LogP contribution in [-0.2, 0) is 17.9 Å². The highest BCUT2D eigenvalue weighted by atomic mass is 16.5. The highest BCUT2D eigenvalue weighted by molar-refractivity contribution is 6.06. The molecule has 3 N–H and O–H groups in total. The van der Waals surface area contributed by atoms with Crippen molar-refractivity contribution in [2.24, 2.45) is 0 Å². The van der Waals surface area contributed by atoms with Crippen molar-refractivity contribution >= 4 is 34.9 Å². The molecule has 0 bridgehead atoms. The molecule has 8 nitrogen and oxygen atoms in total. The molecule has 0 aliphatic carbocycles. The Balaban J connectivity index is 1.40. The van der Waals surface area contributed by atoms with Gasteiger partial charge in [0, 0.05) is 37.0 Å². The predicted octanol–water partition coefficient (Wildman–Crippen LogP) is 4.45. The van der Waals surface area contributed by atoms with Gasteiger partial charge >= 0.3 is 6.03 Å². The van der Waals surface area contributed by atoms with E-state index in [0.29, 0.717) is 41.5 Å². The number of hydrogen-bond acceptors (Lipinski definition) is 4. The van der Waals surface area contributed by atoms with Gasteiger partial charge in [-0.2, -0.15) is 0 Å². The molecule has 0 saturated heterocycles. The van der Waals surface area contributed by atoms with E-state index >= 15 is 0 Å². The van der Waals surface area contributed by atoms with Gasteiger partial charge in [0.2, 0.25) is 5.91 Å². The zero-order chi connectivity index (χ0) is 23.4. The number of nitrogens with one attached hydrogen (secondary N) is 3. The number of carbonyl (C=O) groups excluding carboxylic acids is 3. The number of nitrogens with zero attached hydrogens (tertiary/aromatic N) is 1. The Kier molecular flexibility index (Phi) is 6.26. The molecule has 33 heavy (non-hydrogen) atoms. The lowest BCUT2D eigenvalue weighted by Crippen LogP contribution is -2.30. The molecule has 0 radical (unpaired) electrons. The van der Waals surface area contributed by atoms with Gasteiger partial charge in [-0.3, -0.25) is 9.59 Å². The molecule has 168 valence electrons. The van der Waals surface area contributed by atoms with Gasteiger partial charge in [-0.05, 0) is 53.6 Å². The number of amides is 4. The van der Waals surface area contributed by atoms with Gasteiger partial charge in [-0.15, -0.1) is 0 Å². The predicted molar refractivity (Wildman–Crippen MR) is 126 cm³/mol. The van der Waals surface area contributed by atoms with Crippen molar-refractivity contribution in [2.45, 2.75) is 20.0 Å². The first-order valence-electron chi connectivity index (χ1n) is 10.4. The van der Waals surface area contributed by atoms with Crippen molar-refractivity contribution < 1.29 is 19.1 Å². The summed E-state index contributed by atoms with van der Waals surface area (Å²) in [4.78, 5) is 38.4. The molecular weight excluding hydrogens is 420 g/mol. The summed E-state index contributed by atoms with van der Waals surface area (Å²) in [5.41, 5.74) is 4.28. The minimum atomic E-state index is -0.346.